The number of anilines is 1. The molecule has 0 unspecified atom stereocenters. The molecule has 0 saturated carbocycles. The maximum atomic E-state index is 12.4. The molecule has 0 heterocycles. The maximum absolute atomic E-state index is 12.4. The molecule has 2 aromatic carbocycles. The molecular weight excluding hydrogens is 394 g/mol. The van der Waals surface area contributed by atoms with Crippen LogP contribution in [0.1, 0.15) is 5.56 Å². The highest BCUT2D eigenvalue weighted by molar-refractivity contribution is 7.92. The van der Waals surface area contributed by atoms with Crippen LogP contribution in [0, 0.1) is 17.0 Å². The number of nitrogens with two attached hydrogens (primary N) is 1. The average molecular weight is 406 g/mol. The highest BCUT2D eigenvalue weighted by Crippen LogP contribution is 2.30. The Bertz CT molecular complexity index is 1070. The van der Waals surface area contributed by atoms with Gasteiger partial charge in [-0.05, 0) is 31.2 Å². The highest BCUT2D eigenvalue weighted by atomic mass is 35.5. The summed E-state index contributed by atoms with van der Waals surface area (Å²) in [6.07, 6.45) is 0. The zero-order chi connectivity index (χ0) is 19.0. The maximum Gasteiger partial charge on any atom is 0.275 e. The van der Waals surface area contributed by atoms with Crippen molar-refractivity contribution in [2.75, 3.05) is 4.72 Å². The number of hydrogen-bond donors (Lipinski definition) is 2. The van der Waals surface area contributed by atoms with E-state index in [9.17, 15) is 26.9 Å². The predicted molar refractivity (Wildman–Crippen MR) is 91.5 cm³/mol. The molecular formula is C13H12ClN3O6S2. The van der Waals surface area contributed by atoms with Gasteiger partial charge in [0.2, 0.25) is 10.0 Å². The van der Waals surface area contributed by atoms with Crippen molar-refractivity contribution in [3.8, 4) is 0 Å². The topological polar surface area (TPSA) is 149 Å². The molecule has 0 radical (unpaired) electrons. The lowest BCUT2D eigenvalue weighted by Gasteiger charge is -2.10. The Morgan fingerprint density at radius 1 is 1.12 bits per heavy atom. The van der Waals surface area contributed by atoms with Crippen molar-refractivity contribution in [2.45, 2.75) is 16.7 Å². The van der Waals surface area contributed by atoms with Crippen LogP contribution in [0.2, 0.25) is 5.02 Å². The fourth-order valence-corrected chi connectivity index (χ4v) is 3.87. The minimum Gasteiger partial charge on any atom is -0.280 e. The molecule has 0 saturated heterocycles. The molecule has 0 atom stereocenters. The van der Waals surface area contributed by atoms with Crippen LogP contribution in [0.25, 0.3) is 0 Å². The highest BCUT2D eigenvalue weighted by Gasteiger charge is 2.23. The van der Waals surface area contributed by atoms with Gasteiger partial charge in [-0.25, -0.2) is 22.0 Å². The molecule has 0 fully saturated rings. The number of nitro groups is 1. The lowest BCUT2D eigenvalue weighted by Crippen LogP contribution is -2.15. The number of hydrogen-bond acceptors (Lipinski definition) is 6. The van der Waals surface area contributed by atoms with E-state index in [2.05, 4.69) is 4.72 Å². The van der Waals surface area contributed by atoms with Gasteiger partial charge in [0, 0.05) is 11.6 Å². The number of halogens is 1. The van der Waals surface area contributed by atoms with Gasteiger partial charge in [-0.3, -0.25) is 14.8 Å². The molecule has 134 valence electrons. The third-order valence-corrected chi connectivity index (χ3v) is 5.88. The van der Waals surface area contributed by atoms with Crippen LogP contribution in [0.5, 0.6) is 0 Å². The van der Waals surface area contributed by atoms with E-state index in [1.165, 1.54) is 25.1 Å². The van der Waals surface area contributed by atoms with Crippen molar-refractivity contribution < 1.29 is 21.8 Å². The number of nitrogens with zero attached hydrogens (tertiary/aromatic N) is 1. The third kappa shape index (κ3) is 4.25. The lowest BCUT2D eigenvalue weighted by molar-refractivity contribution is -0.385. The van der Waals surface area contributed by atoms with Crippen LogP contribution >= 0.6 is 11.6 Å². The van der Waals surface area contributed by atoms with E-state index in [0.29, 0.717) is 0 Å². The molecule has 0 amide bonds. The second kappa shape index (κ2) is 6.59. The molecule has 0 aliphatic carbocycles. The summed E-state index contributed by atoms with van der Waals surface area (Å²) < 4.78 is 49.6. The number of sulfonamides is 2. The molecule has 0 aromatic heterocycles. The van der Waals surface area contributed by atoms with Crippen molar-refractivity contribution in [2.24, 2.45) is 5.14 Å². The van der Waals surface area contributed by atoms with Crippen molar-refractivity contribution in [1.29, 1.82) is 0 Å². The second-order valence-electron chi connectivity index (χ2n) is 4.98. The van der Waals surface area contributed by atoms with Crippen LogP contribution < -0.4 is 9.86 Å². The lowest BCUT2D eigenvalue weighted by atomic mass is 10.2. The van der Waals surface area contributed by atoms with E-state index in [1.807, 2.05) is 0 Å². The Hall–Kier alpha value is -2.21. The summed E-state index contributed by atoms with van der Waals surface area (Å²) in [5.41, 5.74) is -0.404. The Balaban J connectivity index is 2.49. The van der Waals surface area contributed by atoms with Crippen LogP contribution in [-0.4, -0.2) is 21.8 Å². The fourth-order valence-electron chi connectivity index (χ4n) is 1.94. The first-order valence-corrected chi connectivity index (χ1v) is 9.93. The van der Waals surface area contributed by atoms with E-state index in [-0.39, 0.29) is 21.2 Å². The van der Waals surface area contributed by atoms with E-state index >= 15 is 0 Å². The monoisotopic (exact) mass is 405 g/mol. The largest absolute Gasteiger partial charge is 0.280 e. The summed E-state index contributed by atoms with van der Waals surface area (Å²) in [6, 6.07) is 6.75. The van der Waals surface area contributed by atoms with Crippen molar-refractivity contribution in [3.63, 3.8) is 0 Å². The average Bonchev–Trinajstić information content (AvgIpc) is 2.48. The summed E-state index contributed by atoms with van der Waals surface area (Å²) in [7, 11) is -8.27. The van der Waals surface area contributed by atoms with Crippen molar-refractivity contribution >= 4 is 43.0 Å². The summed E-state index contributed by atoms with van der Waals surface area (Å²) in [5.74, 6) is 0. The molecule has 9 nitrogen and oxygen atoms in total. The number of benzene rings is 2. The van der Waals surface area contributed by atoms with Gasteiger partial charge in [0.25, 0.3) is 15.7 Å². The SMILES string of the molecule is Cc1c(Cl)cc(S(=O)(=O)Nc2cccc(S(N)(=O)=O)c2)cc1[N+](=O)[O-]. The molecule has 2 rings (SSSR count). The van der Waals surface area contributed by atoms with Gasteiger partial charge in [0.1, 0.15) is 0 Å². The van der Waals surface area contributed by atoms with E-state index < -0.39 is 35.6 Å². The number of primary sulfonamides is 1. The van der Waals surface area contributed by atoms with Gasteiger partial charge in [-0.2, -0.15) is 0 Å². The first-order valence-electron chi connectivity index (χ1n) is 6.52. The quantitative estimate of drug-likeness (QED) is 0.573. The molecule has 0 spiro atoms. The zero-order valence-electron chi connectivity index (χ0n) is 12.6. The minimum atomic E-state index is -4.25. The van der Waals surface area contributed by atoms with Crippen LogP contribution in [0.4, 0.5) is 11.4 Å². The van der Waals surface area contributed by atoms with E-state index in [4.69, 9.17) is 16.7 Å². The summed E-state index contributed by atoms with van der Waals surface area (Å²) in [5, 5.41) is 15.9. The van der Waals surface area contributed by atoms with Gasteiger partial charge in [-0.15, -0.1) is 0 Å². The fraction of sp³-hybridized carbons (Fsp3) is 0.0769. The van der Waals surface area contributed by atoms with Crippen LogP contribution in [0.15, 0.2) is 46.2 Å². The summed E-state index contributed by atoms with van der Waals surface area (Å²) >= 11 is 5.86. The number of nitro benzene ring substituents is 1. The van der Waals surface area contributed by atoms with Crippen molar-refractivity contribution in [3.05, 3.63) is 57.1 Å². The Kier molecular flexibility index (Phi) is 5.04. The van der Waals surface area contributed by atoms with Crippen LogP contribution in [0.3, 0.4) is 0 Å². The number of nitrogens with one attached hydrogen (secondary N) is 1. The molecule has 3 N–H and O–H groups in total. The Morgan fingerprint density at radius 3 is 2.32 bits per heavy atom. The first-order chi connectivity index (χ1) is 11.4. The Labute approximate surface area is 148 Å². The van der Waals surface area contributed by atoms with E-state index in [1.54, 1.807) is 0 Å². The van der Waals surface area contributed by atoms with Crippen molar-refractivity contribution in [1.82, 2.24) is 0 Å². The second-order valence-corrected chi connectivity index (χ2v) is 8.64. The molecule has 12 heteroatoms. The Morgan fingerprint density at radius 2 is 1.76 bits per heavy atom. The summed E-state index contributed by atoms with van der Waals surface area (Å²) in [4.78, 5) is 9.54. The first kappa shape index (κ1) is 19.1. The molecule has 0 bridgehead atoms. The van der Waals surface area contributed by atoms with E-state index in [0.717, 1.165) is 18.2 Å². The van der Waals surface area contributed by atoms with Crippen LogP contribution in [-0.2, 0) is 20.0 Å². The van der Waals surface area contributed by atoms with Gasteiger partial charge in [-0.1, -0.05) is 17.7 Å². The smallest absolute Gasteiger partial charge is 0.275 e. The van der Waals surface area contributed by atoms with Gasteiger partial charge >= 0.3 is 0 Å². The molecule has 2 aromatic rings. The summed E-state index contributed by atoms with van der Waals surface area (Å²) in [6.45, 7) is 1.39. The molecule has 25 heavy (non-hydrogen) atoms. The predicted octanol–water partition coefficient (Wildman–Crippen LogP) is 2.00. The van der Waals surface area contributed by atoms with Gasteiger partial charge in [0.05, 0.1) is 25.4 Å². The number of rotatable bonds is 5. The normalized spacial score (nSPS) is 12.0. The standard InChI is InChI=1S/C13H12ClN3O6S2/c1-8-12(14)6-11(7-13(8)17(18)19)25(22,23)16-9-3-2-4-10(5-9)24(15,20)21/h2-7,16H,1H3,(H2,15,20,21). The molecule has 0 aliphatic rings. The van der Waals surface area contributed by atoms with Gasteiger partial charge in [0.15, 0.2) is 0 Å². The zero-order valence-corrected chi connectivity index (χ0v) is 15.0. The van der Waals surface area contributed by atoms with Gasteiger partial charge < -0.3 is 0 Å². The third-order valence-electron chi connectivity index (χ3n) is 3.21. The minimum absolute atomic E-state index is 0.0779. The molecule has 0 aliphatic heterocycles.